The van der Waals surface area contributed by atoms with Gasteiger partial charge in [0.05, 0.1) is 17.9 Å². The van der Waals surface area contributed by atoms with Gasteiger partial charge < -0.3 is 15.3 Å². The van der Waals surface area contributed by atoms with E-state index in [0.29, 0.717) is 17.3 Å². The Morgan fingerprint density at radius 2 is 1.67 bits per heavy atom. The minimum Gasteiger partial charge on any atom is -0.506 e. The number of anilines is 2. The molecule has 0 bridgehead atoms. The Hall–Kier alpha value is -2.92. The maximum Gasteiger partial charge on any atom is 0.178 e. The van der Waals surface area contributed by atoms with Gasteiger partial charge in [0.15, 0.2) is 5.11 Å². The molecule has 0 fully saturated rings. The molecule has 0 aliphatic carbocycles. The van der Waals surface area contributed by atoms with Crippen LogP contribution in [0.1, 0.15) is 5.69 Å². The number of pyridine rings is 1. The lowest BCUT2D eigenvalue weighted by Gasteiger charge is -2.26. The van der Waals surface area contributed by atoms with Gasteiger partial charge in [-0.3, -0.25) is 4.98 Å². The number of aromatic hydroxyl groups is 1. The Balaban J connectivity index is 1.89. The minimum absolute atomic E-state index is 0.172. The second kappa shape index (κ2) is 7.57. The zero-order chi connectivity index (χ0) is 16.8. The number of rotatable bonds is 4. The molecule has 2 N–H and O–H groups in total. The summed E-state index contributed by atoms with van der Waals surface area (Å²) in [5.74, 6) is 0.172. The first-order chi connectivity index (χ1) is 11.7. The van der Waals surface area contributed by atoms with Crippen LogP contribution in [0.3, 0.4) is 0 Å². The number of nitrogens with one attached hydrogen (secondary N) is 1. The van der Waals surface area contributed by atoms with Crippen molar-refractivity contribution in [2.45, 2.75) is 6.54 Å². The van der Waals surface area contributed by atoms with Crippen molar-refractivity contribution in [1.29, 1.82) is 0 Å². The summed E-state index contributed by atoms with van der Waals surface area (Å²) in [5, 5.41) is 13.9. The average molecular weight is 335 g/mol. The van der Waals surface area contributed by atoms with E-state index < -0.39 is 0 Å². The summed E-state index contributed by atoms with van der Waals surface area (Å²) < 4.78 is 0. The molecule has 0 amide bonds. The van der Waals surface area contributed by atoms with Crippen molar-refractivity contribution in [1.82, 2.24) is 4.98 Å². The van der Waals surface area contributed by atoms with E-state index in [9.17, 15) is 5.11 Å². The molecule has 0 saturated carbocycles. The molecule has 0 spiro atoms. The molecule has 5 heteroatoms. The van der Waals surface area contributed by atoms with Crippen molar-refractivity contribution in [2.24, 2.45) is 0 Å². The summed E-state index contributed by atoms with van der Waals surface area (Å²) >= 11 is 5.57. The molecule has 0 unspecified atom stereocenters. The third-order valence-corrected chi connectivity index (χ3v) is 3.81. The number of phenols is 1. The molecule has 120 valence electrons. The van der Waals surface area contributed by atoms with Crippen LogP contribution in [-0.4, -0.2) is 15.2 Å². The summed E-state index contributed by atoms with van der Waals surface area (Å²) in [4.78, 5) is 6.19. The number of nitrogens with zero attached hydrogens (tertiary/aromatic N) is 2. The number of hydrogen-bond donors (Lipinski definition) is 2. The number of benzene rings is 2. The van der Waals surface area contributed by atoms with Gasteiger partial charge in [0.2, 0.25) is 0 Å². The van der Waals surface area contributed by atoms with Gasteiger partial charge in [0.25, 0.3) is 0 Å². The normalized spacial score (nSPS) is 10.2. The van der Waals surface area contributed by atoms with Gasteiger partial charge in [-0.05, 0) is 48.6 Å². The predicted molar refractivity (Wildman–Crippen MR) is 101 cm³/mol. The second-order valence-electron chi connectivity index (χ2n) is 5.19. The van der Waals surface area contributed by atoms with Crippen molar-refractivity contribution >= 4 is 28.7 Å². The highest BCUT2D eigenvalue weighted by Crippen LogP contribution is 2.28. The highest BCUT2D eigenvalue weighted by atomic mass is 32.1. The molecular formula is C19H17N3OS. The fraction of sp³-hybridized carbons (Fsp3) is 0.0526. The smallest absolute Gasteiger partial charge is 0.178 e. The molecule has 2 aromatic carbocycles. The minimum atomic E-state index is 0.172. The molecule has 1 aromatic heterocycles. The maximum absolute atomic E-state index is 10.2. The summed E-state index contributed by atoms with van der Waals surface area (Å²) in [7, 11) is 0. The van der Waals surface area contributed by atoms with E-state index in [-0.39, 0.29) is 5.75 Å². The number of thiocarbonyl (C=S) groups is 1. The molecule has 4 nitrogen and oxygen atoms in total. The Bertz CT molecular complexity index is 809. The van der Waals surface area contributed by atoms with Crippen LogP contribution in [0.15, 0.2) is 79.0 Å². The van der Waals surface area contributed by atoms with Crippen molar-refractivity contribution in [3.05, 3.63) is 84.7 Å². The summed E-state index contributed by atoms with van der Waals surface area (Å²) in [6.07, 6.45) is 1.74. The van der Waals surface area contributed by atoms with E-state index in [1.54, 1.807) is 18.3 Å². The van der Waals surface area contributed by atoms with Gasteiger partial charge in [-0.15, -0.1) is 0 Å². The summed E-state index contributed by atoms with van der Waals surface area (Å²) in [6.45, 7) is 0.455. The lowest BCUT2D eigenvalue weighted by atomic mass is 10.2. The Morgan fingerprint density at radius 3 is 2.38 bits per heavy atom. The van der Waals surface area contributed by atoms with E-state index in [1.807, 2.05) is 65.6 Å². The van der Waals surface area contributed by atoms with E-state index in [4.69, 9.17) is 12.2 Å². The first-order valence-electron chi connectivity index (χ1n) is 7.55. The standard InChI is InChI=1S/C19H17N3OS/c23-18-12-5-4-11-17(18)22(14-16-10-6-7-13-20-16)19(24)21-15-8-2-1-3-9-15/h1-13,23H,14H2,(H,21,24). The highest BCUT2D eigenvalue weighted by molar-refractivity contribution is 7.80. The second-order valence-corrected chi connectivity index (χ2v) is 5.58. The van der Waals surface area contributed by atoms with Crippen molar-refractivity contribution in [3.63, 3.8) is 0 Å². The Labute approximate surface area is 146 Å². The van der Waals surface area contributed by atoms with Crippen molar-refractivity contribution in [3.8, 4) is 5.75 Å². The van der Waals surface area contributed by atoms with Crippen LogP contribution in [0.4, 0.5) is 11.4 Å². The third kappa shape index (κ3) is 3.88. The first kappa shape index (κ1) is 16.0. The third-order valence-electron chi connectivity index (χ3n) is 3.49. The first-order valence-corrected chi connectivity index (χ1v) is 7.96. The van der Waals surface area contributed by atoms with Crippen LogP contribution in [0.2, 0.25) is 0 Å². The van der Waals surface area contributed by atoms with Gasteiger partial charge in [-0.25, -0.2) is 0 Å². The van der Waals surface area contributed by atoms with E-state index in [0.717, 1.165) is 11.4 Å². The topological polar surface area (TPSA) is 48.4 Å². The van der Waals surface area contributed by atoms with Gasteiger partial charge in [0.1, 0.15) is 5.75 Å². The predicted octanol–water partition coefficient (Wildman–Crippen LogP) is 4.19. The van der Waals surface area contributed by atoms with Crippen LogP contribution >= 0.6 is 12.2 Å². The largest absolute Gasteiger partial charge is 0.506 e. The molecule has 0 saturated heterocycles. The molecule has 0 aliphatic heterocycles. The van der Waals surface area contributed by atoms with Gasteiger partial charge in [-0.1, -0.05) is 36.4 Å². The fourth-order valence-corrected chi connectivity index (χ4v) is 2.61. The lowest BCUT2D eigenvalue weighted by Crippen LogP contribution is -2.34. The van der Waals surface area contributed by atoms with E-state index >= 15 is 0 Å². The van der Waals surface area contributed by atoms with Crippen LogP contribution in [0.25, 0.3) is 0 Å². The molecular weight excluding hydrogens is 318 g/mol. The molecule has 3 rings (SSSR count). The van der Waals surface area contributed by atoms with Crippen molar-refractivity contribution in [2.75, 3.05) is 10.2 Å². The SMILES string of the molecule is Oc1ccccc1N(Cc1ccccn1)C(=S)Nc1ccccc1. The van der Waals surface area contributed by atoms with E-state index in [2.05, 4.69) is 10.3 Å². The fourth-order valence-electron chi connectivity index (χ4n) is 2.32. The van der Waals surface area contributed by atoms with Crippen molar-refractivity contribution < 1.29 is 5.11 Å². The average Bonchev–Trinajstić information content (AvgIpc) is 2.62. The number of aromatic nitrogens is 1. The lowest BCUT2D eigenvalue weighted by molar-refractivity contribution is 0.475. The number of phenolic OH excluding ortho intramolecular Hbond substituents is 1. The van der Waals surface area contributed by atoms with Gasteiger partial charge in [0, 0.05) is 11.9 Å². The highest BCUT2D eigenvalue weighted by Gasteiger charge is 2.16. The van der Waals surface area contributed by atoms with Crippen LogP contribution in [-0.2, 0) is 6.54 Å². The number of hydrogen-bond acceptors (Lipinski definition) is 3. The molecule has 0 aliphatic rings. The Kier molecular flexibility index (Phi) is 5.03. The van der Waals surface area contributed by atoms with Crippen LogP contribution < -0.4 is 10.2 Å². The van der Waals surface area contributed by atoms with Gasteiger partial charge >= 0.3 is 0 Å². The monoisotopic (exact) mass is 335 g/mol. The van der Waals surface area contributed by atoms with Crippen LogP contribution in [0.5, 0.6) is 5.75 Å². The molecule has 24 heavy (non-hydrogen) atoms. The quantitative estimate of drug-likeness (QED) is 0.700. The molecule has 0 atom stereocenters. The van der Waals surface area contributed by atoms with E-state index in [1.165, 1.54) is 0 Å². The van der Waals surface area contributed by atoms with Crippen LogP contribution in [0, 0.1) is 0 Å². The Morgan fingerprint density at radius 1 is 0.958 bits per heavy atom. The number of para-hydroxylation sites is 3. The van der Waals surface area contributed by atoms with Gasteiger partial charge in [-0.2, -0.15) is 0 Å². The summed E-state index contributed by atoms with van der Waals surface area (Å²) in [6, 6.07) is 22.6. The molecule has 1 heterocycles. The maximum atomic E-state index is 10.2. The zero-order valence-electron chi connectivity index (χ0n) is 13.0. The zero-order valence-corrected chi connectivity index (χ0v) is 13.8. The molecule has 0 radical (unpaired) electrons. The summed E-state index contributed by atoms with van der Waals surface area (Å²) in [5.41, 5.74) is 2.39. The molecule has 3 aromatic rings.